The van der Waals surface area contributed by atoms with Crippen molar-refractivity contribution in [2.45, 2.75) is 52.0 Å². The Balaban J connectivity index is 1.58. The summed E-state index contributed by atoms with van der Waals surface area (Å²) in [6.45, 7) is 4.09. The molecule has 7 nitrogen and oxygen atoms in total. The van der Waals surface area contributed by atoms with E-state index in [1.54, 1.807) is 13.8 Å². The molecule has 1 atom stereocenters. The van der Waals surface area contributed by atoms with Crippen LogP contribution in [0.3, 0.4) is 0 Å². The second-order valence-corrected chi connectivity index (χ2v) is 6.20. The molecule has 3 amide bonds. The first kappa shape index (κ1) is 15.6. The summed E-state index contributed by atoms with van der Waals surface area (Å²) in [5.41, 5.74) is 4.84. The second-order valence-electron chi connectivity index (χ2n) is 6.20. The van der Waals surface area contributed by atoms with Crippen molar-refractivity contribution in [3.05, 3.63) is 28.2 Å². The maximum Gasteiger partial charge on any atom is 0.319 e. The Hall–Kier alpha value is -2.31. The number of urea groups is 1. The van der Waals surface area contributed by atoms with Gasteiger partial charge in [0.05, 0.1) is 17.3 Å². The fraction of sp³-hybridized carbons (Fsp3) is 0.562. The summed E-state index contributed by atoms with van der Waals surface area (Å²) in [5.74, 6) is -0.146. The fourth-order valence-corrected chi connectivity index (χ4v) is 3.38. The van der Waals surface area contributed by atoms with Crippen LogP contribution < -0.4 is 16.0 Å². The lowest BCUT2D eigenvalue weighted by Gasteiger charge is -2.25. The number of H-pyrrole nitrogens is 1. The normalized spacial score (nSPS) is 20.6. The number of aromatic amines is 1. The SMILES string of the molecule is CC1=C(C(=O)NCCc2n[nH]c3c2CCCC3)[C@H](C)NC(=O)N1. The molecule has 1 aromatic rings. The van der Waals surface area contributed by atoms with Crippen molar-refractivity contribution in [2.24, 2.45) is 0 Å². The van der Waals surface area contributed by atoms with E-state index in [0.717, 1.165) is 25.0 Å². The lowest BCUT2D eigenvalue weighted by Crippen LogP contribution is -2.50. The van der Waals surface area contributed by atoms with Gasteiger partial charge in [0, 0.05) is 24.4 Å². The third-order valence-electron chi connectivity index (χ3n) is 4.52. The number of carbonyl (C=O) groups excluding carboxylic acids is 2. The molecule has 7 heteroatoms. The summed E-state index contributed by atoms with van der Waals surface area (Å²) in [7, 11) is 0. The van der Waals surface area contributed by atoms with Gasteiger partial charge in [0.15, 0.2) is 0 Å². The number of amides is 3. The van der Waals surface area contributed by atoms with E-state index >= 15 is 0 Å². The maximum absolute atomic E-state index is 12.4. The van der Waals surface area contributed by atoms with E-state index in [1.807, 2.05) is 0 Å². The van der Waals surface area contributed by atoms with Crippen LogP contribution in [0.2, 0.25) is 0 Å². The highest BCUT2D eigenvalue weighted by atomic mass is 16.2. The Labute approximate surface area is 135 Å². The summed E-state index contributed by atoms with van der Waals surface area (Å²) in [5, 5.41) is 15.8. The van der Waals surface area contributed by atoms with Crippen molar-refractivity contribution in [1.29, 1.82) is 0 Å². The highest BCUT2D eigenvalue weighted by Crippen LogP contribution is 2.22. The van der Waals surface area contributed by atoms with Gasteiger partial charge in [-0.05, 0) is 45.1 Å². The van der Waals surface area contributed by atoms with E-state index in [0.29, 0.717) is 17.8 Å². The zero-order valence-corrected chi connectivity index (χ0v) is 13.6. The van der Waals surface area contributed by atoms with Gasteiger partial charge in [-0.2, -0.15) is 5.10 Å². The number of nitrogens with zero attached hydrogens (tertiary/aromatic N) is 1. The van der Waals surface area contributed by atoms with Gasteiger partial charge in [-0.3, -0.25) is 9.89 Å². The lowest BCUT2D eigenvalue weighted by atomic mass is 9.95. The quantitative estimate of drug-likeness (QED) is 0.664. The molecule has 124 valence electrons. The second kappa shape index (κ2) is 6.44. The molecule has 0 spiro atoms. The molecule has 3 rings (SSSR count). The van der Waals surface area contributed by atoms with Crippen molar-refractivity contribution in [2.75, 3.05) is 6.54 Å². The topological polar surface area (TPSA) is 98.9 Å². The van der Waals surface area contributed by atoms with Crippen LogP contribution in [0.15, 0.2) is 11.3 Å². The molecule has 0 unspecified atom stereocenters. The number of hydrogen-bond acceptors (Lipinski definition) is 3. The van der Waals surface area contributed by atoms with E-state index in [1.165, 1.54) is 24.1 Å². The number of carbonyl (C=O) groups is 2. The van der Waals surface area contributed by atoms with Crippen LogP contribution in [-0.2, 0) is 24.1 Å². The third-order valence-corrected chi connectivity index (χ3v) is 4.52. The third kappa shape index (κ3) is 3.23. The Bertz CT molecular complexity index is 661. The van der Waals surface area contributed by atoms with E-state index in [9.17, 15) is 9.59 Å². The van der Waals surface area contributed by atoms with Crippen molar-refractivity contribution in [1.82, 2.24) is 26.1 Å². The number of rotatable bonds is 4. The molecule has 0 saturated carbocycles. The molecule has 1 aliphatic heterocycles. The highest BCUT2D eigenvalue weighted by molar-refractivity contribution is 5.98. The van der Waals surface area contributed by atoms with Gasteiger partial charge in [-0.15, -0.1) is 0 Å². The summed E-state index contributed by atoms with van der Waals surface area (Å²) in [4.78, 5) is 23.7. The zero-order chi connectivity index (χ0) is 16.4. The maximum atomic E-state index is 12.4. The van der Waals surface area contributed by atoms with Gasteiger partial charge in [0.1, 0.15) is 0 Å². The molecule has 1 aliphatic carbocycles. The van der Waals surface area contributed by atoms with E-state index in [4.69, 9.17) is 0 Å². The predicted octanol–water partition coefficient (Wildman–Crippen LogP) is 0.923. The smallest absolute Gasteiger partial charge is 0.319 e. The highest BCUT2D eigenvalue weighted by Gasteiger charge is 2.26. The minimum Gasteiger partial charge on any atom is -0.352 e. The Kier molecular flexibility index (Phi) is 4.36. The van der Waals surface area contributed by atoms with Crippen LogP contribution in [0, 0.1) is 0 Å². The number of aryl methyl sites for hydroxylation is 1. The molecule has 1 aromatic heterocycles. The van der Waals surface area contributed by atoms with Crippen molar-refractivity contribution in [3.8, 4) is 0 Å². The number of allylic oxidation sites excluding steroid dienone is 1. The first-order chi connectivity index (χ1) is 11.1. The molecule has 2 heterocycles. The number of nitrogens with one attached hydrogen (secondary N) is 4. The minimum absolute atomic E-state index is 0.146. The predicted molar refractivity (Wildman–Crippen MR) is 85.8 cm³/mol. The Morgan fingerprint density at radius 2 is 2.13 bits per heavy atom. The minimum atomic E-state index is -0.290. The van der Waals surface area contributed by atoms with Gasteiger partial charge in [0.2, 0.25) is 0 Å². The molecule has 4 N–H and O–H groups in total. The molecule has 0 aromatic carbocycles. The van der Waals surface area contributed by atoms with Gasteiger partial charge in [0.25, 0.3) is 5.91 Å². The van der Waals surface area contributed by atoms with Crippen molar-refractivity contribution in [3.63, 3.8) is 0 Å². The van der Waals surface area contributed by atoms with Crippen LogP contribution in [0.25, 0.3) is 0 Å². The van der Waals surface area contributed by atoms with Gasteiger partial charge < -0.3 is 16.0 Å². The number of aromatic nitrogens is 2. The first-order valence-electron chi connectivity index (χ1n) is 8.17. The molecule has 0 bridgehead atoms. The van der Waals surface area contributed by atoms with Crippen LogP contribution >= 0.6 is 0 Å². The van der Waals surface area contributed by atoms with Crippen LogP contribution in [-0.4, -0.2) is 34.7 Å². The molecule has 0 fully saturated rings. The summed E-state index contributed by atoms with van der Waals surface area (Å²) < 4.78 is 0. The molecule has 2 aliphatic rings. The van der Waals surface area contributed by atoms with E-state index in [2.05, 4.69) is 26.1 Å². The average Bonchev–Trinajstić information content (AvgIpc) is 2.90. The van der Waals surface area contributed by atoms with Crippen molar-refractivity contribution >= 4 is 11.9 Å². The molecule has 23 heavy (non-hydrogen) atoms. The van der Waals surface area contributed by atoms with Gasteiger partial charge in [-0.25, -0.2) is 4.79 Å². The zero-order valence-electron chi connectivity index (χ0n) is 13.6. The van der Waals surface area contributed by atoms with Gasteiger partial charge >= 0.3 is 6.03 Å². The van der Waals surface area contributed by atoms with E-state index in [-0.39, 0.29) is 18.0 Å². The summed E-state index contributed by atoms with van der Waals surface area (Å²) in [6.07, 6.45) is 5.30. The molecule has 0 saturated heterocycles. The van der Waals surface area contributed by atoms with Crippen LogP contribution in [0.4, 0.5) is 4.79 Å². The monoisotopic (exact) mass is 317 g/mol. The average molecular weight is 317 g/mol. The van der Waals surface area contributed by atoms with Crippen molar-refractivity contribution < 1.29 is 9.59 Å². The van der Waals surface area contributed by atoms with E-state index < -0.39 is 0 Å². The Morgan fingerprint density at radius 1 is 1.35 bits per heavy atom. The van der Waals surface area contributed by atoms with Gasteiger partial charge in [-0.1, -0.05) is 0 Å². The molecule has 0 radical (unpaired) electrons. The fourth-order valence-electron chi connectivity index (χ4n) is 3.38. The first-order valence-corrected chi connectivity index (χ1v) is 8.17. The largest absolute Gasteiger partial charge is 0.352 e. The number of hydrogen-bond donors (Lipinski definition) is 4. The lowest BCUT2D eigenvalue weighted by molar-refractivity contribution is -0.117. The Morgan fingerprint density at radius 3 is 2.91 bits per heavy atom. The standard InChI is InChI=1S/C16H23N5O2/c1-9-14(10(2)19-16(23)18-9)15(22)17-8-7-13-11-5-3-4-6-12(11)20-21-13/h9H,3-8H2,1-2H3,(H,17,22)(H,20,21)(H2,18,19,23)/t9-/m0/s1. The van der Waals surface area contributed by atoms with Crippen LogP contribution in [0.1, 0.15) is 43.6 Å². The van der Waals surface area contributed by atoms with Crippen LogP contribution in [0.5, 0.6) is 0 Å². The number of fused-ring (bicyclic) bond motifs is 1. The molecular weight excluding hydrogens is 294 g/mol. The molecular formula is C16H23N5O2. The summed E-state index contributed by atoms with van der Waals surface area (Å²) >= 11 is 0. The summed E-state index contributed by atoms with van der Waals surface area (Å²) in [6, 6.07) is -0.559.